The molecule has 0 radical (unpaired) electrons. The van der Waals surface area contributed by atoms with Crippen LogP contribution in [-0.4, -0.2) is 23.7 Å². The van der Waals surface area contributed by atoms with Crippen LogP contribution in [0.4, 0.5) is 0 Å². The minimum atomic E-state index is -0.536. The number of aromatic nitrogens is 1. The lowest BCUT2D eigenvalue weighted by Crippen LogP contribution is -2.22. The highest BCUT2D eigenvalue weighted by Crippen LogP contribution is 2.12. The normalized spacial score (nSPS) is 10.8. The number of hydrogen-bond acceptors (Lipinski definition) is 3. The summed E-state index contributed by atoms with van der Waals surface area (Å²) in [5.74, 6) is -0.536. The minimum absolute atomic E-state index is 0.139. The molecular formula is C14H16N2O3. The van der Waals surface area contributed by atoms with Crippen molar-refractivity contribution in [3.63, 3.8) is 0 Å². The van der Waals surface area contributed by atoms with Gasteiger partial charge in [-0.25, -0.2) is 0 Å². The van der Waals surface area contributed by atoms with Crippen molar-refractivity contribution in [1.82, 2.24) is 4.57 Å². The van der Waals surface area contributed by atoms with Gasteiger partial charge in [0.1, 0.15) is 0 Å². The van der Waals surface area contributed by atoms with E-state index in [-0.39, 0.29) is 5.56 Å². The summed E-state index contributed by atoms with van der Waals surface area (Å²) in [7, 11) is 0. The maximum Gasteiger partial charge on any atom is 0.258 e. The lowest BCUT2D eigenvalue weighted by Gasteiger charge is -2.07. The summed E-state index contributed by atoms with van der Waals surface area (Å²) in [6.07, 6.45) is 1.73. The van der Waals surface area contributed by atoms with E-state index in [1.165, 1.54) is 6.07 Å². The Morgan fingerprint density at radius 3 is 2.84 bits per heavy atom. The Bertz CT molecular complexity index is 661. The molecule has 0 atom stereocenters. The summed E-state index contributed by atoms with van der Waals surface area (Å²) < 4.78 is 6.80. The monoisotopic (exact) mass is 260 g/mol. The van der Waals surface area contributed by atoms with Crippen molar-refractivity contribution in [3.05, 3.63) is 46.4 Å². The van der Waals surface area contributed by atoms with Crippen molar-refractivity contribution in [3.8, 4) is 0 Å². The molecule has 0 bridgehead atoms. The summed E-state index contributed by atoms with van der Waals surface area (Å²) in [6.45, 7) is 3.50. The Morgan fingerprint density at radius 2 is 2.16 bits per heavy atom. The number of carbonyl (C=O) groups excluding carboxylic acids is 1. The van der Waals surface area contributed by atoms with Gasteiger partial charge < -0.3 is 15.0 Å². The highest BCUT2D eigenvalue weighted by Gasteiger charge is 2.06. The van der Waals surface area contributed by atoms with Gasteiger partial charge in [-0.15, -0.1) is 0 Å². The first-order chi connectivity index (χ1) is 9.13. The Balaban J connectivity index is 2.44. The topological polar surface area (TPSA) is 74.3 Å². The molecule has 0 saturated carbocycles. The molecule has 1 amide bonds. The maximum absolute atomic E-state index is 12.3. The highest BCUT2D eigenvalue weighted by molar-refractivity contribution is 5.97. The van der Waals surface area contributed by atoms with Crippen LogP contribution in [0.5, 0.6) is 0 Å². The molecule has 0 unspecified atom stereocenters. The molecule has 0 saturated heterocycles. The van der Waals surface area contributed by atoms with E-state index in [4.69, 9.17) is 10.5 Å². The molecular weight excluding hydrogens is 244 g/mol. The van der Waals surface area contributed by atoms with Crippen LogP contribution in [-0.2, 0) is 11.3 Å². The van der Waals surface area contributed by atoms with Gasteiger partial charge in [0, 0.05) is 30.3 Å². The highest BCUT2D eigenvalue weighted by atomic mass is 16.5. The van der Waals surface area contributed by atoms with E-state index >= 15 is 0 Å². The number of primary amides is 1. The third-order valence-electron chi connectivity index (χ3n) is 2.94. The first kappa shape index (κ1) is 13.3. The van der Waals surface area contributed by atoms with Gasteiger partial charge in [0.05, 0.1) is 6.61 Å². The smallest absolute Gasteiger partial charge is 0.258 e. The fraction of sp³-hybridized carbons (Fsp3) is 0.286. The van der Waals surface area contributed by atoms with Crippen LogP contribution in [0.15, 0.2) is 35.3 Å². The second-order valence-corrected chi connectivity index (χ2v) is 4.18. The first-order valence-electron chi connectivity index (χ1n) is 6.14. The van der Waals surface area contributed by atoms with Gasteiger partial charge >= 0.3 is 0 Å². The van der Waals surface area contributed by atoms with Crippen LogP contribution in [0.2, 0.25) is 0 Å². The Morgan fingerprint density at radius 1 is 1.37 bits per heavy atom. The van der Waals surface area contributed by atoms with Crippen molar-refractivity contribution in [2.75, 3.05) is 13.2 Å². The average Bonchev–Trinajstić information content (AvgIpc) is 2.41. The van der Waals surface area contributed by atoms with Crippen molar-refractivity contribution in [1.29, 1.82) is 0 Å². The van der Waals surface area contributed by atoms with E-state index in [9.17, 15) is 9.59 Å². The van der Waals surface area contributed by atoms with Crippen LogP contribution >= 0.6 is 0 Å². The van der Waals surface area contributed by atoms with Gasteiger partial charge in [-0.05, 0) is 30.5 Å². The van der Waals surface area contributed by atoms with Crippen LogP contribution < -0.4 is 11.3 Å². The Kier molecular flexibility index (Phi) is 3.97. The van der Waals surface area contributed by atoms with Gasteiger partial charge in [-0.1, -0.05) is 6.07 Å². The van der Waals surface area contributed by atoms with E-state index in [2.05, 4.69) is 0 Å². The fourth-order valence-corrected chi connectivity index (χ4v) is 1.92. The lowest BCUT2D eigenvalue weighted by atomic mass is 10.1. The van der Waals surface area contributed by atoms with Crippen molar-refractivity contribution in [2.24, 2.45) is 5.73 Å². The number of amides is 1. The number of hydrogen-bond donors (Lipinski definition) is 1. The van der Waals surface area contributed by atoms with E-state index in [1.54, 1.807) is 22.9 Å². The number of pyridine rings is 1. The summed E-state index contributed by atoms with van der Waals surface area (Å²) in [5, 5.41) is 1.29. The minimum Gasteiger partial charge on any atom is -0.380 e. The molecule has 100 valence electrons. The standard InChI is InChI=1S/C14H16N2O3/c1-2-19-8-7-16-6-5-10-3-4-11(13(15)17)9-12(10)14(16)18/h3-6,9H,2,7-8H2,1H3,(H2,15,17). The van der Waals surface area contributed by atoms with Crippen LogP contribution in [0, 0.1) is 0 Å². The number of carbonyl (C=O) groups is 1. The predicted octanol–water partition coefficient (Wildman–Crippen LogP) is 1.14. The molecule has 2 N–H and O–H groups in total. The molecule has 1 aromatic heterocycles. The number of nitrogens with zero attached hydrogens (tertiary/aromatic N) is 1. The molecule has 5 nitrogen and oxygen atoms in total. The maximum atomic E-state index is 12.3. The number of ether oxygens (including phenoxy) is 1. The SMILES string of the molecule is CCOCCn1ccc2ccc(C(N)=O)cc2c1=O. The largest absolute Gasteiger partial charge is 0.380 e. The molecule has 1 heterocycles. The van der Waals surface area contributed by atoms with E-state index < -0.39 is 5.91 Å². The molecule has 0 fully saturated rings. The number of nitrogens with two attached hydrogens (primary N) is 1. The van der Waals surface area contributed by atoms with E-state index in [1.807, 2.05) is 13.0 Å². The molecule has 2 rings (SSSR count). The molecule has 5 heteroatoms. The third-order valence-corrected chi connectivity index (χ3v) is 2.94. The quantitative estimate of drug-likeness (QED) is 0.819. The van der Waals surface area contributed by atoms with Crippen LogP contribution in [0.25, 0.3) is 10.8 Å². The summed E-state index contributed by atoms with van der Waals surface area (Å²) in [4.78, 5) is 23.4. The van der Waals surface area contributed by atoms with Crippen LogP contribution in [0.3, 0.4) is 0 Å². The van der Waals surface area contributed by atoms with Crippen LogP contribution in [0.1, 0.15) is 17.3 Å². The fourth-order valence-electron chi connectivity index (χ4n) is 1.92. The second-order valence-electron chi connectivity index (χ2n) is 4.18. The van der Waals surface area contributed by atoms with Gasteiger partial charge in [-0.3, -0.25) is 9.59 Å². The van der Waals surface area contributed by atoms with Gasteiger partial charge in [0.15, 0.2) is 0 Å². The zero-order chi connectivity index (χ0) is 13.8. The molecule has 0 spiro atoms. The van der Waals surface area contributed by atoms with E-state index in [0.717, 1.165) is 5.39 Å². The number of rotatable bonds is 5. The number of fused-ring (bicyclic) bond motifs is 1. The third kappa shape index (κ3) is 2.82. The Labute approximate surface area is 110 Å². The van der Waals surface area contributed by atoms with Crippen molar-refractivity contribution in [2.45, 2.75) is 13.5 Å². The van der Waals surface area contributed by atoms with Gasteiger partial charge in [0.2, 0.25) is 5.91 Å². The lowest BCUT2D eigenvalue weighted by molar-refractivity contribution is 0.100. The predicted molar refractivity (Wildman–Crippen MR) is 73.2 cm³/mol. The second kappa shape index (κ2) is 5.67. The molecule has 1 aromatic carbocycles. The average molecular weight is 260 g/mol. The van der Waals surface area contributed by atoms with E-state index in [0.29, 0.717) is 30.7 Å². The molecule has 2 aromatic rings. The first-order valence-corrected chi connectivity index (χ1v) is 6.14. The molecule has 19 heavy (non-hydrogen) atoms. The van der Waals surface area contributed by atoms with Crippen molar-refractivity contribution < 1.29 is 9.53 Å². The summed E-state index contributed by atoms with van der Waals surface area (Å²) in [5.41, 5.74) is 5.42. The van der Waals surface area contributed by atoms with Gasteiger partial charge in [0.25, 0.3) is 5.56 Å². The Hall–Kier alpha value is -2.14. The molecule has 0 aliphatic carbocycles. The summed E-state index contributed by atoms with van der Waals surface area (Å²) >= 11 is 0. The summed E-state index contributed by atoms with van der Waals surface area (Å²) in [6, 6.07) is 6.73. The van der Waals surface area contributed by atoms with Crippen molar-refractivity contribution >= 4 is 16.7 Å². The molecule has 0 aliphatic heterocycles. The van der Waals surface area contributed by atoms with Gasteiger partial charge in [-0.2, -0.15) is 0 Å². The zero-order valence-electron chi connectivity index (χ0n) is 10.8. The zero-order valence-corrected chi connectivity index (χ0v) is 10.8. The molecule has 0 aliphatic rings. The number of benzene rings is 1.